The van der Waals surface area contributed by atoms with Gasteiger partial charge < -0.3 is 15.2 Å². The van der Waals surface area contributed by atoms with Gasteiger partial charge in [-0.05, 0) is 45.1 Å². The molecular formula is C19H27N3O2. The Bertz CT molecular complexity index is 632. The van der Waals surface area contributed by atoms with E-state index in [9.17, 15) is 4.79 Å². The minimum atomic E-state index is -0.130. The van der Waals surface area contributed by atoms with Crippen LogP contribution in [0.5, 0.6) is 0 Å². The summed E-state index contributed by atoms with van der Waals surface area (Å²) in [6.45, 7) is 8.63. The Kier molecular flexibility index (Phi) is 6.41. The van der Waals surface area contributed by atoms with Gasteiger partial charge in [0.05, 0.1) is 5.69 Å². The Morgan fingerprint density at radius 2 is 1.92 bits per heavy atom. The summed E-state index contributed by atoms with van der Waals surface area (Å²) in [4.78, 5) is 12.0. The topological polar surface area (TPSA) is 67.2 Å². The molecule has 2 rings (SSSR count). The zero-order valence-electron chi connectivity index (χ0n) is 14.9. The van der Waals surface area contributed by atoms with Crippen LogP contribution in [0.15, 0.2) is 34.9 Å². The van der Waals surface area contributed by atoms with Gasteiger partial charge >= 0.3 is 6.03 Å². The van der Waals surface area contributed by atoms with Crippen molar-refractivity contribution in [1.29, 1.82) is 0 Å². The second-order valence-corrected chi connectivity index (χ2v) is 6.41. The van der Waals surface area contributed by atoms with Gasteiger partial charge in [0.15, 0.2) is 0 Å². The summed E-state index contributed by atoms with van der Waals surface area (Å²) >= 11 is 0. The third kappa shape index (κ3) is 5.11. The highest BCUT2D eigenvalue weighted by atomic mass is 16.5. The maximum absolute atomic E-state index is 12.0. The van der Waals surface area contributed by atoms with Gasteiger partial charge in [-0.1, -0.05) is 42.4 Å². The van der Waals surface area contributed by atoms with Crippen LogP contribution in [0, 0.1) is 13.8 Å². The highest BCUT2D eigenvalue weighted by Gasteiger charge is 2.14. The van der Waals surface area contributed by atoms with Crippen LogP contribution in [0.4, 0.5) is 4.79 Å². The number of carbonyl (C=O) groups is 1. The fraction of sp³-hybridized carbons (Fsp3) is 0.474. The van der Waals surface area contributed by atoms with Crippen LogP contribution in [0.1, 0.15) is 48.8 Å². The summed E-state index contributed by atoms with van der Waals surface area (Å²) in [5.74, 6) is 1.24. The van der Waals surface area contributed by atoms with Crippen molar-refractivity contribution in [2.75, 3.05) is 6.54 Å². The zero-order chi connectivity index (χ0) is 17.5. The molecule has 0 aliphatic carbocycles. The number of hydrogen-bond acceptors (Lipinski definition) is 3. The number of nitrogens with zero attached hydrogens (tertiary/aromatic N) is 1. The van der Waals surface area contributed by atoms with Crippen molar-refractivity contribution in [1.82, 2.24) is 15.8 Å². The molecule has 2 unspecified atom stereocenters. The van der Waals surface area contributed by atoms with Crippen molar-refractivity contribution < 1.29 is 9.32 Å². The number of benzene rings is 1. The lowest BCUT2D eigenvalue weighted by Crippen LogP contribution is -2.42. The number of rotatable bonds is 7. The van der Waals surface area contributed by atoms with E-state index < -0.39 is 0 Å². The highest BCUT2D eigenvalue weighted by Crippen LogP contribution is 2.17. The van der Waals surface area contributed by atoms with Gasteiger partial charge in [0.2, 0.25) is 0 Å². The zero-order valence-corrected chi connectivity index (χ0v) is 14.9. The molecule has 2 aromatic rings. The molecule has 0 fully saturated rings. The molecule has 2 atom stereocenters. The van der Waals surface area contributed by atoms with Crippen LogP contribution < -0.4 is 10.6 Å². The molecule has 0 aliphatic rings. The van der Waals surface area contributed by atoms with E-state index in [0.29, 0.717) is 12.5 Å². The van der Waals surface area contributed by atoms with Crippen molar-refractivity contribution in [3.05, 3.63) is 52.9 Å². The maximum atomic E-state index is 12.0. The summed E-state index contributed by atoms with van der Waals surface area (Å²) in [5, 5.41) is 9.84. The van der Waals surface area contributed by atoms with Crippen LogP contribution in [0.2, 0.25) is 0 Å². The second kappa shape index (κ2) is 8.52. The van der Waals surface area contributed by atoms with Gasteiger partial charge in [-0.3, -0.25) is 0 Å². The van der Waals surface area contributed by atoms with Gasteiger partial charge in [0.25, 0.3) is 0 Å². The van der Waals surface area contributed by atoms with E-state index in [4.69, 9.17) is 4.52 Å². The van der Waals surface area contributed by atoms with Gasteiger partial charge in [-0.15, -0.1) is 0 Å². The molecule has 24 heavy (non-hydrogen) atoms. The number of aryl methyl sites for hydroxylation is 2. The summed E-state index contributed by atoms with van der Waals surface area (Å²) in [6.07, 6.45) is 1.63. The van der Waals surface area contributed by atoms with E-state index in [1.807, 2.05) is 39.0 Å². The van der Waals surface area contributed by atoms with Gasteiger partial charge in [-0.25, -0.2) is 4.79 Å². The number of hydrogen-bond donors (Lipinski definition) is 2. The molecule has 0 bridgehead atoms. The molecule has 0 aliphatic heterocycles. The molecule has 2 amide bonds. The summed E-state index contributed by atoms with van der Waals surface area (Å²) in [7, 11) is 0. The van der Waals surface area contributed by atoms with Crippen molar-refractivity contribution in [3.63, 3.8) is 0 Å². The number of nitrogens with one attached hydrogen (secondary N) is 2. The van der Waals surface area contributed by atoms with Crippen LogP contribution in [0.25, 0.3) is 0 Å². The van der Waals surface area contributed by atoms with Crippen LogP contribution in [-0.4, -0.2) is 23.8 Å². The van der Waals surface area contributed by atoms with E-state index in [1.54, 1.807) is 0 Å². The van der Waals surface area contributed by atoms with Crippen molar-refractivity contribution in [2.45, 2.75) is 52.5 Å². The number of amides is 2. The molecule has 5 nitrogen and oxygen atoms in total. The first kappa shape index (κ1) is 18.0. The number of aromatic nitrogens is 1. The maximum Gasteiger partial charge on any atom is 0.315 e. The van der Waals surface area contributed by atoms with E-state index in [0.717, 1.165) is 29.9 Å². The Hall–Kier alpha value is -2.30. The summed E-state index contributed by atoms with van der Waals surface area (Å²) in [5.41, 5.74) is 3.25. The molecule has 1 aromatic heterocycles. The van der Waals surface area contributed by atoms with Crippen molar-refractivity contribution in [3.8, 4) is 0 Å². The standard InChI is InChI=1S/C19H27N3O2/c1-13(17-8-6-5-7-9-17)10-11-20-19(23)21-14(2)12-18-15(3)22-24-16(18)4/h5-9,13-14H,10-12H2,1-4H3,(H2,20,21,23). The van der Waals surface area contributed by atoms with Crippen LogP contribution >= 0.6 is 0 Å². The highest BCUT2D eigenvalue weighted by molar-refractivity contribution is 5.74. The monoisotopic (exact) mass is 329 g/mol. The first-order valence-corrected chi connectivity index (χ1v) is 8.48. The van der Waals surface area contributed by atoms with Gasteiger partial charge in [-0.2, -0.15) is 0 Å². The summed E-state index contributed by atoms with van der Waals surface area (Å²) < 4.78 is 5.16. The first-order valence-electron chi connectivity index (χ1n) is 8.48. The Morgan fingerprint density at radius 3 is 2.54 bits per heavy atom. The van der Waals surface area contributed by atoms with E-state index in [1.165, 1.54) is 5.56 Å². The minimum absolute atomic E-state index is 0.0216. The second-order valence-electron chi connectivity index (χ2n) is 6.41. The fourth-order valence-corrected chi connectivity index (χ4v) is 2.78. The van der Waals surface area contributed by atoms with E-state index in [-0.39, 0.29) is 12.1 Å². The molecule has 1 aromatic carbocycles. The number of carbonyl (C=O) groups excluding carboxylic acids is 1. The molecule has 1 heterocycles. The Morgan fingerprint density at radius 1 is 1.21 bits per heavy atom. The van der Waals surface area contributed by atoms with E-state index >= 15 is 0 Å². The lowest BCUT2D eigenvalue weighted by molar-refractivity contribution is 0.237. The average molecular weight is 329 g/mol. The summed E-state index contributed by atoms with van der Waals surface area (Å²) in [6, 6.07) is 10.2. The van der Waals surface area contributed by atoms with Gasteiger partial charge in [0.1, 0.15) is 5.76 Å². The first-order chi connectivity index (χ1) is 11.5. The smallest absolute Gasteiger partial charge is 0.315 e. The Labute approximate surface area is 143 Å². The molecule has 2 N–H and O–H groups in total. The molecular weight excluding hydrogens is 302 g/mol. The molecule has 130 valence electrons. The quantitative estimate of drug-likeness (QED) is 0.813. The normalized spacial score (nSPS) is 13.3. The molecule has 0 saturated carbocycles. The Balaban J connectivity index is 1.71. The van der Waals surface area contributed by atoms with Crippen molar-refractivity contribution in [2.24, 2.45) is 0 Å². The molecule has 5 heteroatoms. The molecule has 0 saturated heterocycles. The largest absolute Gasteiger partial charge is 0.361 e. The molecule has 0 spiro atoms. The van der Waals surface area contributed by atoms with E-state index in [2.05, 4.69) is 34.8 Å². The lowest BCUT2D eigenvalue weighted by Gasteiger charge is -2.16. The predicted molar refractivity (Wildman–Crippen MR) is 95.2 cm³/mol. The third-order valence-corrected chi connectivity index (χ3v) is 4.30. The fourth-order valence-electron chi connectivity index (χ4n) is 2.78. The predicted octanol–water partition coefficient (Wildman–Crippen LogP) is 3.72. The van der Waals surface area contributed by atoms with Gasteiger partial charge in [0, 0.05) is 18.2 Å². The average Bonchev–Trinajstić information content (AvgIpc) is 2.87. The van der Waals surface area contributed by atoms with Crippen molar-refractivity contribution >= 4 is 6.03 Å². The van der Waals surface area contributed by atoms with Crippen LogP contribution in [-0.2, 0) is 6.42 Å². The van der Waals surface area contributed by atoms with Crippen LogP contribution in [0.3, 0.4) is 0 Å². The minimum Gasteiger partial charge on any atom is -0.361 e. The SMILES string of the molecule is Cc1noc(C)c1CC(C)NC(=O)NCCC(C)c1ccccc1. The number of urea groups is 1. The third-order valence-electron chi connectivity index (χ3n) is 4.30. The lowest BCUT2D eigenvalue weighted by atomic mass is 9.98. The molecule has 0 radical (unpaired) electrons.